The van der Waals surface area contributed by atoms with Gasteiger partial charge < -0.3 is 9.47 Å². The Hall–Kier alpha value is -4.15. The van der Waals surface area contributed by atoms with Crippen molar-refractivity contribution in [1.29, 1.82) is 0 Å². The monoisotopic (exact) mass is 549 g/mol. The van der Waals surface area contributed by atoms with Crippen molar-refractivity contribution in [2.75, 3.05) is 19.5 Å². The summed E-state index contributed by atoms with van der Waals surface area (Å²) in [6.45, 7) is 2.50. The van der Waals surface area contributed by atoms with Crippen LogP contribution in [-0.4, -0.2) is 52.3 Å². The first-order valence-electron chi connectivity index (χ1n) is 11.6. The number of nitrogens with zero attached hydrogens (tertiary/aromatic N) is 4. The normalized spacial score (nSPS) is 10.9. The van der Waals surface area contributed by atoms with Crippen molar-refractivity contribution in [3.63, 3.8) is 0 Å². The van der Waals surface area contributed by atoms with E-state index in [4.69, 9.17) is 16.3 Å². The first-order valence-corrected chi connectivity index (χ1v) is 12.9. The number of rotatable bonds is 10. The summed E-state index contributed by atoms with van der Waals surface area (Å²) in [6.07, 6.45) is 1.49. The van der Waals surface area contributed by atoms with Crippen LogP contribution in [0.5, 0.6) is 5.75 Å². The molecular formula is C27H24ClN5O4S. The van der Waals surface area contributed by atoms with E-state index in [1.807, 2.05) is 47.9 Å². The van der Waals surface area contributed by atoms with E-state index in [1.54, 1.807) is 36.4 Å². The number of ether oxygens (including phenoxy) is 2. The molecule has 9 nitrogen and oxygen atoms in total. The van der Waals surface area contributed by atoms with E-state index in [0.717, 1.165) is 17.0 Å². The number of nitrogens with one attached hydrogen (secondary N) is 1. The number of hydrogen-bond acceptors (Lipinski definition) is 8. The summed E-state index contributed by atoms with van der Waals surface area (Å²) in [5.74, 6) is 0.697. The van der Waals surface area contributed by atoms with Gasteiger partial charge >= 0.3 is 5.97 Å². The van der Waals surface area contributed by atoms with E-state index < -0.39 is 5.97 Å². The van der Waals surface area contributed by atoms with Gasteiger partial charge in [-0.05, 0) is 73.2 Å². The van der Waals surface area contributed by atoms with Crippen LogP contribution in [-0.2, 0) is 9.53 Å². The molecule has 11 heteroatoms. The third-order valence-electron chi connectivity index (χ3n) is 5.21. The third-order valence-corrected chi connectivity index (χ3v) is 6.39. The lowest BCUT2D eigenvalue weighted by molar-refractivity contribution is -0.118. The highest BCUT2D eigenvalue weighted by atomic mass is 35.5. The SMILES string of the molecule is CCOc1ccc(-n2c(SCC(=O)N/N=C\c3ccc(C(=O)OC)cc3)nnc2-c2ccc(Cl)cc2)cc1. The second-order valence-electron chi connectivity index (χ2n) is 7.77. The van der Waals surface area contributed by atoms with Crippen molar-refractivity contribution in [2.24, 2.45) is 5.10 Å². The maximum absolute atomic E-state index is 12.5. The predicted octanol–water partition coefficient (Wildman–Crippen LogP) is 5.02. The van der Waals surface area contributed by atoms with E-state index in [-0.39, 0.29) is 11.7 Å². The van der Waals surface area contributed by atoms with Gasteiger partial charge in [0.15, 0.2) is 11.0 Å². The molecule has 0 radical (unpaired) electrons. The van der Waals surface area contributed by atoms with E-state index in [0.29, 0.717) is 33.7 Å². The van der Waals surface area contributed by atoms with Crippen LogP contribution in [0, 0.1) is 0 Å². The molecule has 0 aliphatic carbocycles. The van der Waals surface area contributed by atoms with Gasteiger partial charge in [-0.15, -0.1) is 10.2 Å². The highest BCUT2D eigenvalue weighted by Gasteiger charge is 2.17. The molecule has 0 atom stereocenters. The zero-order chi connectivity index (χ0) is 26.9. The Morgan fingerprint density at radius 2 is 1.74 bits per heavy atom. The molecule has 1 heterocycles. The van der Waals surface area contributed by atoms with E-state index in [9.17, 15) is 9.59 Å². The average molecular weight is 550 g/mol. The highest BCUT2D eigenvalue weighted by Crippen LogP contribution is 2.29. The second kappa shape index (κ2) is 12.9. The minimum Gasteiger partial charge on any atom is -0.494 e. The Kier molecular flexibility index (Phi) is 9.12. The summed E-state index contributed by atoms with van der Waals surface area (Å²) in [5, 5.41) is 13.9. The number of esters is 1. The molecule has 1 N–H and O–H groups in total. The van der Waals surface area contributed by atoms with Gasteiger partial charge in [0, 0.05) is 16.3 Å². The smallest absolute Gasteiger partial charge is 0.337 e. The minimum absolute atomic E-state index is 0.0639. The van der Waals surface area contributed by atoms with Crippen LogP contribution in [0.3, 0.4) is 0 Å². The van der Waals surface area contributed by atoms with Crippen LogP contribution in [0.15, 0.2) is 83.1 Å². The molecular weight excluding hydrogens is 526 g/mol. The van der Waals surface area contributed by atoms with Gasteiger partial charge in [0.2, 0.25) is 0 Å². The molecule has 38 heavy (non-hydrogen) atoms. The van der Waals surface area contributed by atoms with Crippen molar-refractivity contribution < 1.29 is 19.1 Å². The quantitative estimate of drug-likeness (QED) is 0.128. The summed E-state index contributed by atoms with van der Waals surface area (Å²) >= 11 is 7.30. The highest BCUT2D eigenvalue weighted by molar-refractivity contribution is 7.99. The zero-order valence-electron chi connectivity index (χ0n) is 20.6. The molecule has 0 spiro atoms. The largest absolute Gasteiger partial charge is 0.494 e. The Morgan fingerprint density at radius 1 is 1.03 bits per heavy atom. The van der Waals surface area contributed by atoms with Crippen LogP contribution < -0.4 is 10.2 Å². The van der Waals surface area contributed by atoms with Gasteiger partial charge in [-0.2, -0.15) is 5.10 Å². The fourth-order valence-electron chi connectivity index (χ4n) is 3.40. The first kappa shape index (κ1) is 26.9. The Balaban J connectivity index is 1.47. The summed E-state index contributed by atoms with van der Waals surface area (Å²) in [6, 6.07) is 21.5. The lowest BCUT2D eigenvalue weighted by atomic mass is 10.1. The van der Waals surface area contributed by atoms with E-state index >= 15 is 0 Å². The molecule has 4 rings (SSSR count). The number of aromatic nitrogens is 3. The van der Waals surface area contributed by atoms with Gasteiger partial charge in [0.25, 0.3) is 5.91 Å². The number of carbonyl (C=O) groups is 2. The van der Waals surface area contributed by atoms with Crippen LogP contribution >= 0.6 is 23.4 Å². The van der Waals surface area contributed by atoms with Gasteiger partial charge in [-0.1, -0.05) is 35.5 Å². The van der Waals surface area contributed by atoms with Crippen molar-refractivity contribution in [3.8, 4) is 22.8 Å². The van der Waals surface area contributed by atoms with Gasteiger partial charge in [-0.25, -0.2) is 10.2 Å². The molecule has 0 fully saturated rings. The number of carbonyl (C=O) groups excluding carboxylic acids is 2. The summed E-state index contributed by atoms with van der Waals surface area (Å²) in [4.78, 5) is 24.0. The fourth-order valence-corrected chi connectivity index (χ4v) is 4.27. The van der Waals surface area contributed by atoms with E-state index in [1.165, 1.54) is 25.1 Å². The van der Waals surface area contributed by atoms with Crippen molar-refractivity contribution >= 4 is 41.5 Å². The van der Waals surface area contributed by atoms with Gasteiger partial charge in [0.05, 0.1) is 31.2 Å². The predicted molar refractivity (Wildman–Crippen MR) is 147 cm³/mol. The molecule has 0 bridgehead atoms. The lowest BCUT2D eigenvalue weighted by Crippen LogP contribution is -2.20. The number of benzene rings is 3. The first-order chi connectivity index (χ1) is 18.5. The van der Waals surface area contributed by atoms with Crippen molar-refractivity contribution in [2.45, 2.75) is 12.1 Å². The van der Waals surface area contributed by atoms with Crippen LogP contribution in [0.4, 0.5) is 0 Å². The Bertz CT molecular complexity index is 1420. The molecule has 3 aromatic carbocycles. The minimum atomic E-state index is -0.420. The fraction of sp³-hybridized carbons (Fsp3) is 0.148. The maximum atomic E-state index is 12.5. The second-order valence-corrected chi connectivity index (χ2v) is 9.15. The third kappa shape index (κ3) is 6.78. The lowest BCUT2D eigenvalue weighted by Gasteiger charge is -2.11. The molecule has 0 unspecified atom stereocenters. The molecule has 0 aliphatic rings. The average Bonchev–Trinajstić information content (AvgIpc) is 3.37. The summed E-state index contributed by atoms with van der Waals surface area (Å²) in [5.41, 5.74) is 5.30. The topological polar surface area (TPSA) is 108 Å². The van der Waals surface area contributed by atoms with Crippen LogP contribution in [0.1, 0.15) is 22.8 Å². The van der Waals surface area contributed by atoms with Crippen LogP contribution in [0.2, 0.25) is 5.02 Å². The number of methoxy groups -OCH3 is 1. The van der Waals surface area contributed by atoms with E-state index in [2.05, 4.69) is 25.5 Å². The van der Waals surface area contributed by atoms with Crippen molar-refractivity contribution in [3.05, 3.63) is 88.9 Å². The summed E-state index contributed by atoms with van der Waals surface area (Å²) in [7, 11) is 1.32. The molecule has 1 amide bonds. The molecule has 1 aromatic heterocycles. The number of halogens is 1. The van der Waals surface area contributed by atoms with Crippen LogP contribution in [0.25, 0.3) is 17.1 Å². The maximum Gasteiger partial charge on any atom is 0.337 e. The molecule has 0 saturated heterocycles. The number of amides is 1. The van der Waals surface area contributed by atoms with Crippen molar-refractivity contribution in [1.82, 2.24) is 20.2 Å². The molecule has 0 aliphatic heterocycles. The zero-order valence-corrected chi connectivity index (χ0v) is 22.2. The van der Waals surface area contributed by atoms with Gasteiger partial charge in [0.1, 0.15) is 5.75 Å². The molecule has 4 aromatic rings. The molecule has 194 valence electrons. The molecule has 0 saturated carbocycles. The number of hydrazone groups is 1. The Labute approximate surface area is 228 Å². The number of thioether (sulfide) groups is 1. The summed E-state index contributed by atoms with van der Waals surface area (Å²) < 4.78 is 12.1. The van der Waals surface area contributed by atoms with Gasteiger partial charge in [-0.3, -0.25) is 9.36 Å². The Morgan fingerprint density at radius 3 is 2.39 bits per heavy atom. The standard InChI is InChI=1S/C27H24ClN5O4S/c1-3-37-23-14-12-22(13-15-23)33-25(19-8-10-21(28)11-9-19)31-32-27(33)38-17-24(34)30-29-16-18-4-6-20(7-5-18)26(35)36-2/h4-16H,3,17H2,1-2H3,(H,30,34)/b29-16-. The number of hydrogen-bond donors (Lipinski definition) is 1.